The molecule has 0 saturated heterocycles. The molecule has 0 fully saturated rings. The smallest absolute Gasteiger partial charge is 0.320 e. The van der Waals surface area contributed by atoms with Crippen LogP contribution in [0.1, 0.15) is 12.8 Å². The van der Waals surface area contributed by atoms with Gasteiger partial charge in [-0.05, 0) is 30.1 Å². The first-order valence-electron chi connectivity index (χ1n) is 4.66. The SMILES string of the molecule is C=C1CC=C(CC(N)C(=O)O)C=C1OC. The van der Waals surface area contributed by atoms with Crippen molar-refractivity contribution >= 4 is 5.97 Å². The van der Waals surface area contributed by atoms with Gasteiger partial charge < -0.3 is 15.6 Å². The fourth-order valence-electron chi connectivity index (χ4n) is 1.37. The van der Waals surface area contributed by atoms with Gasteiger partial charge in [0.2, 0.25) is 0 Å². The first-order chi connectivity index (χ1) is 7.04. The van der Waals surface area contributed by atoms with Crippen LogP contribution >= 0.6 is 0 Å². The summed E-state index contributed by atoms with van der Waals surface area (Å²) in [5.74, 6) is -0.294. The molecule has 1 rings (SSSR count). The van der Waals surface area contributed by atoms with Crippen LogP contribution in [0.5, 0.6) is 0 Å². The van der Waals surface area contributed by atoms with Crippen molar-refractivity contribution in [3.63, 3.8) is 0 Å². The lowest BCUT2D eigenvalue weighted by Gasteiger charge is -2.16. The number of hydrogen-bond donors (Lipinski definition) is 2. The number of carboxylic acid groups (broad SMARTS) is 1. The molecule has 1 atom stereocenters. The zero-order valence-corrected chi connectivity index (χ0v) is 8.69. The van der Waals surface area contributed by atoms with Gasteiger partial charge >= 0.3 is 5.97 Å². The van der Waals surface area contributed by atoms with Crippen molar-refractivity contribution in [2.45, 2.75) is 18.9 Å². The molecule has 0 saturated carbocycles. The molecule has 4 nitrogen and oxygen atoms in total. The van der Waals surface area contributed by atoms with Crippen LogP contribution in [0.25, 0.3) is 0 Å². The Balaban J connectivity index is 2.69. The standard InChI is InChI=1S/C11H15NO3/c1-7-3-4-8(6-10(7)15-2)5-9(12)11(13)14/h4,6,9H,1,3,5,12H2,2H3,(H,13,14). The lowest BCUT2D eigenvalue weighted by atomic mass is 9.97. The number of nitrogens with two attached hydrogens (primary N) is 1. The van der Waals surface area contributed by atoms with Crippen molar-refractivity contribution in [1.82, 2.24) is 0 Å². The number of allylic oxidation sites excluding steroid dienone is 3. The zero-order chi connectivity index (χ0) is 11.4. The maximum absolute atomic E-state index is 10.6. The van der Waals surface area contributed by atoms with Gasteiger partial charge in [-0.2, -0.15) is 0 Å². The average molecular weight is 209 g/mol. The zero-order valence-electron chi connectivity index (χ0n) is 8.69. The molecule has 0 amide bonds. The Morgan fingerprint density at radius 1 is 1.80 bits per heavy atom. The quantitative estimate of drug-likeness (QED) is 0.729. The van der Waals surface area contributed by atoms with Crippen LogP contribution in [0.15, 0.2) is 35.6 Å². The van der Waals surface area contributed by atoms with Crippen LogP contribution in [0.3, 0.4) is 0 Å². The third kappa shape index (κ3) is 2.95. The Hall–Kier alpha value is -1.55. The maximum Gasteiger partial charge on any atom is 0.320 e. The van der Waals surface area contributed by atoms with E-state index in [0.29, 0.717) is 18.6 Å². The van der Waals surface area contributed by atoms with E-state index in [1.807, 2.05) is 6.08 Å². The number of aliphatic carboxylic acids is 1. The monoisotopic (exact) mass is 209 g/mol. The van der Waals surface area contributed by atoms with Crippen LogP contribution in [0, 0.1) is 0 Å². The van der Waals surface area contributed by atoms with E-state index in [4.69, 9.17) is 15.6 Å². The van der Waals surface area contributed by atoms with Gasteiger partial charge in [-0.1, -0.05) is 12.7 Å². The molecule has 0 aromatic heterocycles. The van der Waals surface area contributed by atoms with Crippen molar-refractivity contribution in [2.24, 2.45) is 5.73 Å². The van der Waals surface area contributed by atoms with Crippen molar-refractivity contribution in [3.05, 3.63) is 35.6 Å². The van der Waals surface area contributed by atoms with Crippen molar-refractivity contribution in [2.75, 3.05) is 7.11 Å². The third-order valence-electron chi connectivity index (χ3n) is 2.27. The summed E-state index contributed by atoms with van der Waals surface area (Å²) in [5.41, 5.74) is 7.21. The molecule has 1 unspecified atom stereocenters. The molecule has 0 aromatic carbocycles. The molecule has 15 heavy (non-hydrogen) atoms. The van der Waals surface area contributed by atoms with E-state index in [1.165, 1.54) is 0 Å². The minimum atomic E-state index is -0.993. The topological polar surface area (TPSA) is 72.6 Å². The van der Waals surface area contributed by atoms with Crippen molar-refractivity contribution in [3.8, 4) is 0 Å². The fraction of sp³-hybridized carbons (Fsp3) is 0.364. The largest absolute Gasteiger partial charge is 0.496 e. The number of hydrogen-bond acceptors (Lipinski definition) is 3. The van der Waals surface area contributed by atoms with E-state index in [2.05, 4.69) is 6.58 Å². The summed E-state index contributed by atoms with van der Waals surface area (Å²) in [6.45, 7) is 3.83. The molecule has 0 bridgehead atoms. The summed E-state index contributed by atoms with van der Waals surface area (Å²) in [6.07, 6.45) is 4.71. The van der Waals surface area contributed by atoms with Crippen LogP contribution in [-0.4, -0.2) is 24.2 Å². The summed E-state index contributed by atoms with van der Waals surface area (Å²) in [7, 11) is 1.57. The van der Waals surface area contributed by atoms with Crippen LogP contribution in [-0.2, 0) is 9.53 Å². The summed E-state index contributed by atoms with van der Waals surface area (Å²) in [6, 6.07) is -0.864. The Kier molecular flexibility index (Phi) is 3.68. The Morgan fingerprint density at radius 3 is 3.00 bits per heavy atom. The fourth-order valence-corrected chi connectivity index (χ4v) is 1.37. The predicted octanol–water partition coefficient (Wildman–Crippen LogP) is 1.21. The molecule has 1 aliphatic rings. The average Bonchev–Trinajstić information content (AvgIpc) is 2.20. The molecule has 0 radical (unpaired) electrons. The van der Waals surface area contributed by atoms with Gasteiger partial charge in [0.15, 0.2) is 0 Å². The number of methoxy groups -OCH3 is 1. The van der Waals surface area contributed by atoms with E-state index < -0.39 is 12.0 Å². The first-order valence-corrected chi connectivity index (χ1v) is 4.66. The molecular weight excluding hydrogens is 194 g/mol. The number of carboxylic acids is 1. The summed E-state index contributed by atoms with van der Waals surface area (Å²) in [4.78, 5) is 10.6. The van der Waals surface area contributed by atoms with Crippen LogP contribution in [0.4, 0.5) is 0 Å². The highest BCUT2D eigenvalue weighted by molar-refractivity contribution is 5.73. The molecule has 0 spiro atoms. The number of carbonyl (C=O) groups is 1. The molecular formula is C11H15NO3. The van der Waals surface area contributed by atoms with Crippen molar-refractivity contribution in [1.29, 1.82) is 0 Å². The second-order valence-electron chi connectivity index (χ2n) is 3.45. The molecule has 1 aliphatic carbocycles. The van der Waals surface area contributed by atoms with E-state index in [0.717, 1.165) is 11.1 Å². The van der Waals surface area contributed by atoms with E-state index >= 15 is 0 Å². The maximum atomic E-state index is 10.6. The van der Waals surface area contributed by atoms with Crippen LogP contribution in [0.2, 0.25) is 0 Å². The molecule has 4 heteroatoms. The second-order valence-corrected chi connectivity index (χ2v) is 3.45. The first kappa shape index (κ1) is 11.5. The minimum absolute atomic E-state index is 0.315. The normalized spacial score (nSPS) is 17.9. The van der Waals surface area contributed by atoms with E-state index in [9.17, 15) is 4.79 Å². The van der Waals surface area contributed by atoms with E-state index in [1.54, 1.807) is 13.2 Å². The second kappa shape index (κ2) is 4.79. The van der Waals surface area contributed by atoms with Gasteiger partial charge in [0.25, 0.3) is 0 Å². The minimum Gasteiger partial charge on any atom is -0.496 e. The van der Waals surface area contributed by atoms with Gasteiger partial charge in [-0.15, -0.1) is 0 Å². The van der Waals surface area contributed by atoms with Crippen molar-refractivity contribution < 1.29 is 14.6 Å². The number of rotatable bonds is 4. The van der Waals surface area contributed by atoms with Gasteiger partial charge in [0.1, 0.15) is 11.8 Å². The van der Waals surface area contributed by atoms with Gasteiger partial charge in [0.05, 0.1) is 7.11 Å². The summed E-state index contributed by atoms with van der Waals surface area (Å²) >= 11 is 0. The molecule has 0 aromatic rings. The lowest BCUT2D eigenvalue weighted by molar-refractivity contribution is -0.138. The Labute approximate surface area is 88.7 Å². The Morgan fingerprint density at radius 2 is 2.47 bits per heavy atom. The highest BCUT2D eigenvalue weighted by Crippen LogP contribution is 2.24. The third-order valence-corrected chi connectivity index (χ3v) is 2.27. The highest BCUT2D eigenvalue weighted by Gasteiger charge is 2.16. The highest BCUT2D eigenvalue weighted by atomic mass is 16.5. The van der Waals surface area contributed by atoms with E-state index in [-0.39, 0.29) is 0 Å². The summed E-state index contributed by atoms with van der Waals surface area (Å²) < 4.78 is 5.11. The van der Waals surface area contributed by atoms with Gasteiger partial charge in [-0.25, -0.2) is 0 Å². The van der Waals surface area contributed by atoms with Gasteiger partial charge in [0, 0.05) is 0 Å². The predicted molar refractivity (Wildman–Crippen MR) is 57.2 cm³/mol. The number of ether oxygens (including phenoxy) is 1. The van der Waals surface area contributed by atoms with Gasteiger partial charge in [-0.3, -0.25) is 4.79 Å². The molecule has 3 N–H and O–H groups in total. The molecule has 0 heterocycles. The molecule has 82 valence electrons. The lowest BCUT2D eigenvalue weighted by Crippen LogP contribution is -2.30. The Bertz CT molecular complexity index is 342. The molecule has 0 aliphatic heterocycles. The summed E-state index contributed by atoms with van der Waals surface area (Å²) in [5, 5.41) is 8.67. The van der Waals surface area contributed by atoms with Crippen LogP contribution < -0.4 is 5.73 Å².